The van der Waals surface area contributed by atoms with Crippen LogP contribution in [0.2, 0.25) is 0 Å². The third-order valence-electron chi connectivity index (χ3n) is 5.40. The number of hydrogen-bond donors (Lipinski definition) is 0. The maximum atomic E-state index is 4.61. The Hall–Kier alpha value is -1.35. The van der Waals surface area contributed by atoms with Crippen LogP contribution in [0.3, 0.4) is 0 Å². The van der Waals surface area contributed by atoms with Crippen LogP contribution in [-0.2, 0) is 6.42 Å². The van der Waals surface area contributed by atoms with Crippen LogP contribution in [-0.4, -0.2) is 15.7 Å². The van der Waals surface area contributed by atoms with Crippen molar-refractivity contribution in [2.45, 2.75) is 102 Å². The summed E-state index contributed by atoms with van der Waals surface area (Å²) in [4.78, 5) is 10.6. The van der Waals surface area contributed by atoms with Crippen molar-refractivity contribution in [3.05, 3.63) is 42.2 Å². The van der Waals surface area contributed by atoms with Gasteiger partial charge in [0.05, 0.1) is 0 Å². The van der Waals surface area contributed by atoms with Gasteiger partial charge in [-0.15, -0.1) is 11.8 Å². The fourth-order valence-corrected chi connectivity index (χ4v) is 4.43. The highest BCUT2D eigenvalue weighted by atomic mass is 32.2. The number of unbranched alkanes of at least 4 members (excludes halogenated alkanes) is 10. The maximum absolute atomic E-state index is 4.61. The van der Waals surface area contributed by atoms with E-state index in [1.165, 1.54) is 93.3 Å². The fourth-order valence-electron chi connectivity index (χ4n) is 3.52. The van der Waals surface area contributed by atoms with Gasteiger partial charge in [0, 0.05) is 22.9 Å². The summed E-state index contributed by atoms with van der Waals surface area (Å²) in [5, 5.41) is 0. The Morgan fingerprint density at radius 3 is 1.83 bits per heavy atom. The van der Waals surface area contributed by atoms with E-state index in [2.05, 4.69) is 48.1 Å². The van der Waals surface area contributed by atoms with Crippen LogP contribution >= 0.6 is 11.8 Å². The molecule has 0 atom stereocenters. The molecule has 0 bridgehead atoms. The van der Waals surface area contributed by atoms with Crippen LogP contribution in [0, 0.1) is 0 Å². The van der Waals surface area contributed by atoms with Gasteiger partial charge in [-0.1, -0.05) is 90.2 Å². The average molecular weight is 413 g/mol. The number of rotatable bonds is 16. The average Bonchev–Trinajstić information content (AvgIpc) is 2.76. The van der Waals surface area contributed by atoms with Crippen LogP contribution in [0.5, 0.6) is 0 Å². The van der Waals surface area contributed by atoms with Gasteiger partial charge in [0.25, 0.3) is 0 Å². The number of aromatic nitrogens is 2. The Morgan fingerprint density at radius 1 is 0.655 bits per heavy atom. The molecule has 0 spiro atoms. The van der Waals surface area contributed by atoms with Gasteiger partial charge in [0.2, 0.25) is 0 Å². The molecular weight excluding hydrogens is 372 g/mol. The summed E-state index contributed by atoms with van der Waals surface area (Å²) in [5.74, 6) is 2.05. The number of aryl methyl sites for hydroxylation is 1. The zero-order valence-corrected chi connectivity index (χ0v) is 19.5. The van der Waals surface area contributed by atoms with E-state index < -0.39 is 0 Å². The fraction of sp³-hybridized carbons (Fsp3) is 0.615. The predicted octanol–water partition coefficient (Wildman–Crippen LogP) is 8.50. The molecule has 0 amide bonds. The highest BCUT2D eigenvalue weighted by molar-refractivity contribution is 7.99. The SMILES string of the molecule is CCCCCCCCCCc1cnc(-c2ccc(SCCCCCC)cc2)nc1. The molecule has 0 radical (unpaired) electrons. The topological polar surface area (TPSA) is 25.8 Å². The Bertz CT molecular complexity index is 637. The number of thioether (sulfide) groups is 1. The molecule has 2 nitrogen and oxygen atoms in total. The zero-order chi connectivity index (χ0) is 20.6. The van der Waals surface area contributed by atoms with E-state index in [0.717, 1.165) is 17.8 Å². The van der Waals surface area contributed by atoms with Crippen LogP contribution < -0.4 is 0 Å². The van der Waals surface area contributed by atoms with Crippen molar-refractivity contribution in [2.24, 2.45) is 0 Å². The van der Waals surface area contributed by atoms with Gasteiger partial charge in [0.1, 0.15) is 0 Å². The first kappa shape index (κ1) is 23.9. The standard InChI is InChI=1S/C26H40N2S/c1-3-5-7-9-10-11-12-13-15-23-21-27-26(28-22-23)24-16-18-25(19-17-24)29-20-14-8-6-4-2/h16-19,21-22H,3-15,20H2,1-2H3. The lowest BCUT2D eigenvalue weighted by Crippen LogP contribution is -1.93. The molecule has 0 fully saturated rings. The minimum Gasteiger partial charge on any atom is -0.236 e. The minimum absolute atomic E-state index is 0.837. The third-order valence-corrected chi connectivity index (χ3v) is 6.50. The minimum atomic E-state index is 0.837. The zero-order valence-electron chi connectivity index (χ0n) is 18.7. The van der Waals surface area contributed by atoms with Crippen LogP contribution in [0.1, 0.15) is 96.5 Å². The molecule has 1 aromatic heterocycles. The van der Waals surface area contributed by atoms with Crippen molar-refractivity contribution in [3.63, 3.8) is 0 Å². The van der Waals surface area contributed by atoms with E-state index in [-0.39, 0.29) is 0 Å². The van der Waals surface area contributed by atoms with E-state index in [0.29, 0.717) is 0 Å². The molecule has 1 heterocycles. The quantitative estimate of drug-likeness (QED) is 0.204. The molecule has 2 rings (SSSR count). The van der Waals surface area contributed by atoms with E-state index in [9.17, 15) is 0 Å². The molecule has 160 valence electrons. The molecule has 0 saturated heterocycles. The van der Waals surface area contributed by atoms with Gasteiger partial charge < -0.3 is 0 Å². The molecule has 0 aliphatic heterocycles. The summed E-state index contributed by atoms with van der Waals surface area (Å²) in [5.41, 5.74) is 2.37. The smallest absolute Gasteiger partial charge is 0.159 e. The lowest BCUT2D eigenvalue weighted by atomic mass is 10.1. The van der Waals surface area contributed by atoms with Gasteiger partial charge in [0.15, 0.2) is 5.82 Å². The van der Waals surface area contributed by atoms with Crippen molar-refractivity contribution >= 4 is 11.8 Å². The molecule has 0 unspecified atom stereocenters. The second-order valence-electron chi connectivity index (χ2n) is 8.07. The molecule has 0 N–H and O–H groups in total. The normalized spacial score (nSPS) is 11.1. The Balaban J connectivity index is 1.67. The lowest BCUT2D eigenvalue weighted by Gasteiger charge is -2.05. The van der Waals surface area contributed by atoms with Gasteiger partial charge in [-0.25, -0.2) is 9.97 Å². The number of nitrogens with zero attached hydrogens (tertiary/aromatic N) is 2. The third kappa shape index (κ3) is 10.3. The molecule has 0 saturated carbocycles. The maximum Gasteiger partial charge on any atom is 0.159 e. The first-order chi connectivity index (χ1) is 14.3. The van der Waals surface area contributed by atoms with E-state index in [1.807, 2.05) is 24.2 Å². The molecule has 1 aromatic carbocycles. The van der Waals surface area contributed by atoms with E-state index >= 15 is 0 Å². The first-order valence-corrected chi connectivity index (χ1v) is 12.9. The molecule has 2 aromatic rings. The van der Waals surface area contributed by atoms with Crippen molar-refractivity contribution < 1.29 is 0 Å². The monoisotopic (exact) mass is 412 g/mol. The van der Waals surface area contributed by atoms with E-state index in [4.69, 9.17) is 0 Å². The van der Waals surface area contributed by atoms with Gasteiger partial charge >= 0.3 is 0 Å². The van der Waals surface area contributed by atoms with Crippen molar-refractivity contribution in [1.29, 1.82) is 0 Å². The summed E-state index contributed by atoms with van der Waals surface area (Å²) >= 11 is 1.95. The van der Waals surface area contributed by atoms with Crippen molar-refractivity contribution in [3.8, 4) is 11.4 Å². The highest BCUT2D eigenvalue weighted by Gasteiger charge is 2.03. The number of benzene rings is 1. The van der Waals surface area contributed by atoms with Crippen LogP contribution in [0.15, 0.2) is 41.6 Å². The lowest BCUT2D eigenvalue weighted by molar-refractivity contribution is 0.575. The summed E-state index contributed by atoms with van der Waals surface area (Å²) in [6.45, 7) is 4.54. The Labute approximate surface area is 183 Å². The van der Waals surface area contributed by atoms with Crippen LogP contribution in [0.25, 0.3) is 11.4 Å². The van der Waals surface area contributed by atoms with Gasteiger partial charge in [-0.2, -0.15) is 0 Å². The Kier molecular flexibility index (Phi) is 12.8. The van der Waals surface area contributed by atoms with Crippen molar-refractivity contribution in [1.82, 2.24) is 9.97 Å². The molecular formula is C26H40N2S. The second-order valence-corrected chi connectivity index (χ2v) is 9.24. The predicted molar refractivity (Wildman–Crippen MR) is 129 cm³/mol. The molecule has 0 aliphatic carbocycles. The van der Waals surface area contributed by atoms with E-state index in [1.54, 1.807) is 0 Å². The summed E-state index contributed by atoms with van der Waals surface area (Å²) in [6, 6.07) is 8.72. The van der Waals surface area contributed by atoms with Gasteiger partial charge in [-0.05, 0) is 42.7 Å². The van der Waals surface area contributed by atoms with Gasteiger partial charge in [-0.3, -0.25) is 0 Å². The first-order valence-electron chi connectivity index (χ1n) is 11.9. The molecule has 29 heavy (non-hydrogen) atoms. The summed E-state index contributed by atoms with van der Waals surface area (Å²) in [6.07, 6.45) is 21.3. The molecule has 3 heteroatoms. The molecule has 0 aliphatic rings. The Morgan fingerprint density at radius 2 is 1.21 bits per heavy atom. The number of hydrogen-bond acceptors (Lipinski definition) is 3. The second kappa shape index (κ2) is 15.5. The summed E-state index contributed by atoms with van der Waals surface area (Å²) < 4.78 is 0. The summed E-state index contributed by atoms with van der Waals surface area (Å²) in [7, 11) is 0. The highest BCUT2D eigenvalue weighted by Crippen LogP contribution is 2.23. The van der Waals surface area contributed by atoms with Crippen molar-refractivity contribution in [2.75, 3.05) is 5.75 Å². The van der Waals surface area contributed by atoms with Crippen LogP contribution in [0.4, 0.5) is 0 Å². The largest absolute Gasteiger partial charge is 0.236 e.